The van der Waals surface area contributed by atoms with Gasteiger partial charge in [-0.25, -0.2) is 4.79 Å². The topological polar surface area (TPSA) is 70.2 Å². The van der Waals surface area contributed by atoms with E-state index in [1.54, 1.807) is 0 Å². The molecule has 3 N–H and O–H groups in total. The van der Waals surface area contributed by atoms with Gasteiger partial charge in [-0.2, -0.15) is 0 Å². The third-order valence-corrected chi connectivity index (χ3v) is 2.96. The Bertz CT molecular complexity index is 472. The molecule has 1 rings (SSSR count). The van der Waals surface area contributed by atoms with Gasteiger partial charge in [0.1, 0.15) is 0 Å². The van der Waals surface area contributed by atoms with Crippen LogP contribution in [0.25, 0.3) is 0 Å². The van der Waals surface area contributed by atoms with Gasteiger partial charge < -0.3 is 16.0 Å². The zero-order valence-electron chi connectivity index (χ0n) is 12.4. The molecule has 0 aliphatic rings. The smallest absolute Gasteiger partial charge is 0.319 e. The zero-order valence-corrected chi connectivity index (χ0v) is 12.4. The summed E-state index contributed by atoms with van der Waals surface area (Å²) in [5, 5.41) is 8.07. The monoisotopic (exact) mass is 277 g/mol. The molecule has 0 atom stereocenters. The summed E-state index contributed by atoms with van der Waals surface area (Å²) in [6.45, 7) is 6.57. The maximum Gasteiger partial charge on any atom is 0.319 e. The Morgan fingerprint density at radius 1 is 1.15 bits per heavy atom. The fourth-order valence-electron chi connectivity index (χ4n) is 1.85. The third-order valence-electron chi connectivity index (χ3n) is 2.96. The molecule has 0 spiro atoms. The molecule has 1 aromatic carbocycles. The van der Waals surface area contributed by atoms with Crippen molar-refractivity contribution in [3.8, 4) is 0 Å². The van der Waals surface area contributed by atoms with E-state index in [9.17, 15) is 9.59 Å². The molecule has 0 heterocycles. The van der Waals surface area contributed by atoms with Crippen molar-refractivity contribution < 1.29 is 9.59 Å². The molecular weight excluding hydrogens is 254 g/mol. The summed E-state index contributed by atoms with van der Waals surface area (Å²) in [7, 11) is 0. The Labute approximate surface area is 120 Å². The molecule has 5 heteroatoms. The zero-order chi connectivity index (χ0) is 15.0. The van der Waals surface area contributed by atoms with Crippen LogP contribution < -0.4 is 16.0 Å². The third kappa shape index (κ3) is 4.91. The molecule has 0 aromatic heterocycles. The number of hydrogen-bond donors (Lipinski definition) is 3. The molecule has 0 saturated carbocycles. The molecule has 0 fully saturated rings. The minimum Gasteiger partial charge on any atom is -0.355 e. The van der Waals surface area contributed by atoms with Crippen molar-refractivity contribution in [3.05, 3.63) is 29.3 Å². The highest BCUT2D eigenvalue weighted by molar-refractivity contribution is 5.93. The van der Waals surface area contributed by atoms with E-state index < -0.39 is 0 Å². The van der Waals surface area contributed by atoms with Crippen LogP contribution in [0.3, 0.4) is 0 Å². The fourth-order valence-corrected chi connectivity index (χ4v) is 1.85. The van der Waals surface area contributed by atoms with Crippen molar-refractivity contribution in [2.24, 2.45) is 0 Å². The predicted octanol–water partition coefficient (Wildman–Crippen LogP) is 2.21. The van der Waals surface area contributed by atoms with Crippen molar-refractivity contribution in [1.82, 2.24) is 10.6 Å². The van der Waals surface area contributed by atoms with Crippen LogP contribution in [0.5, 0.6) is 0 Å². The summed E-state index contributed by atoms with van der Waals surface area (Å²) < 4.78 is 0. The highest BCUT2D eigenvalue weighted by Gasteiger charge is 2.09. The first-order valence-electron chi connectivity index (χ1n) is 6.98. The number of benzene rings is 1. The second-order valence-electron chi connectivity index (χ2n) is 4.62. The van der Waals surface area contributed by atoms with Gasteiger partial charge >= 0.3 is 6.03 Å². The number of nitrogens with one attached hydrogen (secondary N) is 3. The van der Waals surface area contributed by atoms with E-state index in [2.05, 4.69) is 16.0 Å². The van der Waals surface area contributed by atoms with Gasteiger partial charge in [-0.05, 0) is 30.9 Å². The van der Waals surface area contributed by atoms with Crippen LogP contribution in [0.15, 0.2) is 18.2 Å². The average Bonchev–Trinajstić information content (AvgIpc) is 2.45. The van der Waals surface area contributed by atoms with Crippen LogP contribution in [0.1, 0.15) is 31.4 Å². The number of rotatable bonds is 6. The summed E-state index contributed by atoms with van der Waals surface area (Å²) >= 11 is 0. The number of anilines is 1. The van der Waals surface area contributed by atoms with Gasteiger partial charge in [-0.15, -0.1) is 0 Å². The SMILES string of the molecule is CCCNC(=O)CNC(=O)Nc1c(C)cccc1CC. The molecule has 0 unspecified atom stereocenters. The van der Waals surface area contributed by atoms with Gasteiger partial charge in [-0.1, -0.05) is 32.0 Å². The number of urea groups is 1. The summed E-state index contributed by atoms with van der Waals surface area (Å²) in [6, 6.07) is 5.54. The lowest BCUT2D eigenvalue weighted by atomic mass is 10.1. The molecule has 110 valence electrons. The minimum absolute atomic E-state index is 0.0147. The lowest BCUT2D eigenvalue weighted by Crippen LogP contribution is -2.39. The van der Waals surface area contributed by atoms with Gasteiger partial charge in [0.15, 0.2) is 0 Å². The van der Waals surface area contributed by atoms with Crippen LogP contribution >= 0.6 is 0 Å². The van der Waals surface area contributed by atoms with Gasteiger partial charge in [0.25, 0.3) is 0 Å². The quantitative estimate of drug-likeness (QED) is 0.746. The van der Waals surface area contributed by atoms with Gasteiger partial charge in [-0.3, -0.25) is 4.79 Å². The lowest BCUT2D eigenvalue weighted by Gasteiger charge is -2.13. The van der Waals surface area contributed by atoms with Crippen molar-refractivity contribution in [2.45, 2.75) is 33.6 Å². The Morgan fingerprint density at radius 2 is 1.90 bits per heavy atom. The number of para-hydroxylation sites is 1. The molecule has 0 aliphatic heterocycles. The Hall–Kier alpha value is -2.04. The van der Waals surface area contributed by atoms with Crippen LogP contribution in [0, 0.1) is 6.92 Å². The first-order valence-corrected chi connectivity index (χ1v) is 6.98. The number of hydrogen-bond acceptors (Lipinski definition) is 2. The lowest BCUT2D eigenvalue weighted by molar-refractivity contribution is -0.120. The molecule has 1 aromatic rings. The number of amides is 3. The maximum absolute atomic E-state index is 11.8. The van der Waals surface area contributed by atoms with Crippen molar-refractivity contribution in [2.75, 3.05) is 18.4 Å². The molecule has 0 radical (unpaired) electrons. The summed E-state index contributed by atoms with van der Waals surface area (Å²) in [4.78, 5) is 23.2. The first-order chi connectivity index (χ1) is 9.58. The van der Waals surface area contributed by atoms with Gasteiger partial charge in [0.05, 0.1) is 6.54 Å². The standard InChI is InChI=1S/C15H23N3O2/c1-4-9-16-13(19)10-17-15(20)18-14-11(3)7-6-8-12(14)5-2/h6-8H,4-5,9-10H2,1-3H3,(H,16,19)(H2,17,18,20). The van der Waals surface area contributed by atoms with Gasteiger partial charge in [0.2, 0.25) is 5.91 Å². The minimum atomic E-state index is -0.361. The maximum atomic E-state index is 11.8. The number of aryl methyl sites for hydroxylation is 2. The van der Waals surface area contributed by atoms with E-state index in [0.717, 1.165) is 29.7 Å². The number of carbonyl (C=O) groups excluding carboxylic acids is 2. The number of carbonyl (C=O) groups is 2. The Kier molecular flexibility index (Phi) is 6.56. The van der Waals surface area contributed by atoms with Crippen molar-refractivity contribution in [1.29, 1.82) is 0 Å². The average molecular weight is 277 g/mol. The Morgan fingerprint density at radius 3 is 2.55 bits per heavy atom. The van der Waals surface area contributed by atoms with Crippen molar-refractivity contribution >= 4 is 17.6 Å². The summed E-state index contributed by atoms with van der Waals surface area (Å²) in [5.74, 6) is -0.178. The highest BCUT2D eigenvalue weighted by atomic mass is 16.2. The largest absolute Gasteiger partial charge is 0.355 e. The van der Waals surface area contributed by atoms with E-state index in [1.165, 1.54) is 0 Å². The highest BCUT2D eigenvalue weighted by Crippen LogP contribution is 2.20. The van der Waals surface area contributed by atoms with Crippen molar-refractivity contribution in [3.63, 3.8) is 0 Å². The van der Waals surface area contributed by atoms with Crippen LogP contribution in [-0.2, 0) is 11.2 Å². The molecular formula is C15H23N3O2. The molecule has 20 heavy (non-hydrogen) atoms. The van der Waals surface area contributed by atoms with E-state index in [0.29, 0.717) is 6.54 Å². The Balaban J connectivity index is 2.53. The molecule has 0 saturated heterocycles. The van der Waals surface area contributed by atoms with E-state index >= 15 is 0 Å². The normalized spacial score (nSPS) is 9.95. The van der Waals surface area contributed by atoms with Gasteiger partial charge in [0, 0.05) is 12.2 Å². The fraction of sp³-hybridized carbons (Fsp3) is 0.467. The predicted molar refractivity (Wildman–Crippen MR) is 80.9 cm³/mol. The van der Waals surface area contributed by atoms with E-state index in [1.807, 2.05) is 39.0 Å². The molecule has 0 aliphatic carbocycles. The summed E-state index contributed by atoms with van der Waals surface area (Å²) in [5.41, 5.74) is 2.91. The first kappa shape index (κ1) is 16.0. The van der Waals surface area contributed by atoms with E-state index in [4.69, 9.17) is 0 Å². The van der Waals surface area contributed by atoms with Crippen LogP contribution in [-0.4, -0.2) is 25.0 Å². The second kappa shape index (κ2) is 8.19. The molecule has 5 nitrogen and oxygen atoms in total. The van der Waals surface area contributed by atoms with Crippen LogP contribution in [0.4, 0.5) is 10.5 Å². The van der Waals surface area contributed by atoms with Crippen LogP contribution in [0.2, 0.25) is 0 Å². The summed E-state index contributed by atoms with van der Waals surface area (Å²) in [6.07, 6.45) is 1.72. The molecule has 0 bridgehead atoms. The molecule has 3 amide bonds. The second-order valence-corrected chi connectivity index (χ2v) is 4.62. The van der Waals surface area contributed by atoms with E-state index in [-0.39, 0.29) is 18.5 Å².